The van der Waals surface area contributed by atoms with Gasteiger partial charge in [-0.2, -0.15) is 0 Å². The van der Waals surface area contributed by atoms with Crippen LogP contribution in [0, 0.1) is 0 Å². The van der Waals surface area contributed by atoms with Gasteiger partial charge in [-0.15, -0.1) is 0 Å². The molecule has 0 aliphatic rings. The number of hydrogen-bond acceptors (Lipinski definition) is 5. The fourth-order valence-corrected chi connectivity index (χ4v) is 2.19. The van der Waals surface area contributed by atoms with Gasteiger partial charge in [-0.05, 0) is 51.5 Å². The van der Waals surface area contributed by atoms with E-state index in [1.165, 1.54) is 16.7 Å². The van der Waals surface area contributed by atoms with E-state index >= 15 is 0 Å². The Morgan fingerprint density at radius 1 is 1.19 bits per heavy atom. The van der Waals surface area contributed by atoms with Gasteiger partial charge in [0.1, 0.15) is 16.9 Å². The molecule has 2 heterocycles. The van der Waals surface area contributed by atoms with Crippen LogP contribution in [-0.4, -0.2) is 40.3 Å². The molecule has 8 heteroatoms. The number of carboxylic acid groups (broad SMARTS) is 1. The minimum Gasteiger partial charge on any atom is -0.492 e. The Balaban J connectivity index is 1.91. The molecule has 26 heavy (non-hydrogen) atoms. The molecule has 0 spiro atoms. The molecular formula is C18H22N2O6. The Morgan fingerprint density at radius 3 is 2.54 bits per heavy atom. The number of aromatic nitrogens is 1. The van der Waals surface area contributed by atoms with Gasteiger partial charge in [0.25, 0.3) is 5.56 Å². The lowest BCUT2D eigenvalue weighted by Crippen LogP contribution is -2.33. The molecule has 140 valence electrons. The number of alkyl carbamates (subject to hydrolysis) is 1. The summed E-state index contributed by atoms with van der Waals surface area (Å²) < 4.78 is 11.9. The molecular weight excluding hydrogens is 340 g/mol. The molecule has 2 rings (SSSR count). The summed E-state index contributed by atoms with van der Waals surface area (Å²) in [5.41, 5.74) is -0.902. The van der Waals surface area contributed by atoms with Crippen LogP contribution in [0.15, 0.2) is 35.3 Å². The van der Waals surface area contributed by atoms with Crippen LogP contribution in [0.5, 0.6) is 5.75 Å². The minimum atomic E-state index is -1.27. The first-order chi connectivity index (χ1) is 12.2. The number of ether oxygens (including phenoxy) is 2. The quantitative estimate of drug-likeness (QED) is 0.764. The summed E-state index contributed by atoms with van der Waals surface area (Å²) in [6.07, 6.45) is 1.50. The van der Waals surface area contributed by atoms with Gasteiger partial charge < -0.3 is 19.9 Å². The molecule has 2 aromatic rings. The summed E-state index contributed by atoms with van der Waals surface area (Å²) in [6.45, 7) is 6.05. The first kappa shape index (κ1) is 19.3. The zero-order valence-electron chi connectivity index (χ0n) is 14.9. The van der Waals surface area contributed by atoms with E-state index in [0.29, 0.717) is 30.8 Å². The number of carbonyl (C=O) groups is 2. The summed E-state index contributed by atoms with van der Waals surface area (Å²) >= 11 is 0. The monoisotopic (exact) mass is 362 g/mol. The Morgan fingerprint density at radius 2 is 1.88 bits per heavy atom. The lowest BCUT2D eigenvalue weighted by atomic mass is 10.2. The molecule has 0 aromatic carbocycles. The molecule has 0 atom stereocenters. The molecule has 0 fully saturated rings. The Kier molecular flexibility index (Phi) is 5.86. The van der Waals surface area contributed by atoms with Crippen LogP contribution < -0.4 is 15.6 Å². The molecule has 0 unspecified atom stereocenters. The smallest absolute Gasteiger partial charge is 0.407 e. The molecule has 0 saturated carbocycles. The first-order valence-electron chi connectivity index (χ1n) is 8.16. The van der Waals surface area contributed by atoms with Crippen molar-refractivity contribution in [2.75, 3.05) is 13.2 Å². The second-order valence-electron chi connectivity index (χ2n) is 6.65. The average Bonchev–Trinajstić information content (AvgIpc) is 2.53. The maximum Gasteiger partial charge on any atom is 0.407 e. The van der Waals surface area contributed by atoms with E-state index in [9.17, 15) is 14.4 Å². The Hall–Kier alpha value is -3.03. The third-order valence-electron chi connectivity index (χ3n) is 3.31. The number of carboxylic acids is 1. The van der Waals surface area contributed by atoms with Crippen molar-refractivity contribution in [3.8, 4) is 5.75 Å². The maximum atomic E-state index is 12.2. The topological polar surface area (TPSA) is 106 Å². The lowest BCUT2D eigenvalue weighted by Gasteiger charge is -2.19. The van der Waals surface area contributed by atoms with Gasteiger partial charge in [-0.1, -0.05) is 0 Å². The average molecular weight is 362 g/mol. The summed E-state index contributed by atoms with van der Waals surface area (Å²) in [7, 11) is 0. The number of fused-ring (bicyclic) bond motifs is 1. The highest BCUT2D eigenvalue weighted by molar-refractivity contribution is 5.87. The summed E-state index contributed by atoms with van der Waals surface area (Å²) in [5.74, 6) is -0.844. The number of hydrogen-bond donors (Lipinski definition) is 2. The van der Waals surface area contributed by atoms with Crippen molar-refractivity contribution in [3.05, 3.63) is 46.4 Å². The number of aromatic carboxylic acids is 1. The van der Waals surface area contributed by atoms with Crippen molar-refractivity contribution in [3.63, 3.8) is 0 Å². The van der Waals surface area contributed by atoms with Crippen molar-refractivity contribution in [1.29, 1.82) is 0 Å². The van der Waals surface area contributed by atoms with E-state index in [1.54, 1.807) is 39.0 Å². The summed E-state index contributed by atoms with van der Waals surface area (Å²) in [6, 6.07) is 6.19. The molecule has 2 aromatic heterocycles. The van der Waals surface area contributed by atoms with E-state index < -0.39 is 23.2 Å². The predicted octanol–water partition coefficient (Wildman–Crippen LogP) is 2.29. The van der Waals surface area contributed by atoms with Gasteiger partial charge in [0.2, 0.25) is 0 Å². The standard InChI is InChI=1S/C18H22N2O6/c1-18(2,3)26-17(24)19-9-4-10-25-13-7-5-12-6-8-14(16(22)23)15(21)20(12)11-13/h5-8,11H,4,9-10H2,1-3H3,(H,19,24)(H,22,23). The maximum absolute atomic E-state index is 12.2. The van der Waals surface area contributed by atoms with Crippen molar-refractivity contribution in [2.24, 2.45) is 0 Å². The van der Waals surface area contributed by atoms with Crippen molar-refractivity contribution >= 4 is 17.6 Å². The number of nitrogens with zero attached hydrogens (tertiary/aromatic N) is 1. The zero-order valence-corrected chi connectivity index (χ0v) is 14.9. The van der Waals surface area contributed by atoms with Crippen LogP contribution >= 0.6 is 0 Å². The molecule has 0 aliphatic heterocycles. The van der Waals surface area contributed by atoms with Gasteiger partial charge in [-0.3, -0.25) is 9.20 Å². The second kappa shape index (κ2) is 7.90. The van der Waals surface area contributed by atoms with Gasteiger partial charge in [0, 0.05) is 12.1 Å². The van der Waals surface area contributed by atoms with Gasteiger partial charge in [0.15, 0.2) is 0 Å². The lowest BCUT2D eigenvalue weighted by molar-refractivity contribution is 0.0524. The highest BCUT2D eigenvalue weighted by atomic mass is 16.6. The highest BCUT2D eigenvalue weighted by Gasteiger charge is 2.15. The first-order valence-corrected chi connectivity index (χ1v) is 8.16. The van der Waals surface area contributed by atoms with Crippen LogP contribution in [0.1, 0.15) is 37.6 Å². The van der Waals surface area contributed by atoms with E-state index in [4.69, 9.17) is 14.6 Å². The van der Waals surface area contributed by atoms with Gasteiger partial charge >= 0.3 is 12.1 Å². The third-order valence-corrected chi connectivity index (χ3v) is 3.31. The second-order valence-corrected chi connectivity index (χ2v) is 6.65. The summed E-state index contributed by atoms with van der Waals surface area (Å²) in [5, 5.41) is 11.6. The van der Waals surface area contributed by atoms with Gasteiger partial charge in [0.05, 0.1) is 12.8 Å². The SMILES string of the molecule is CC(C)(C)OC(=O)NCCCOc1ccc2ccc(C(=O)O)c(=O)n2c1. The number of pyridine rings is 2. The van der Waals surface area contributed by atoms with Crippen LogP contribution in [0.4, 0.5) is 4.79 Å². The molecule has 0 aliphatic carbocycles. The van der Waals surface area contributed by atoms with Crippen LogP contribution in [0.25, 0.3) is 5.52 Å². The van der Waals surface area contributed by atoms with E-state index in [-0.39, 0.29) is 5.56 Å². The van der Waals surface area contributed by atoms with Crippen molar-refractivity contribution in [2.45, 2.75) is 32.8 Å². The molecule has 1 amide bonds. The largest absolute Gasteiger partial charge is 0.492 e. The fourth-order valence-electron chi connectivity index (χ4n) is 2.19. The van der Waals surface area contributed by atoms with Crippen molar-refractivity contribution in [1.82, 2.24) is 9.72 Å². The number of amides is 1. The Bertz CT molecular complexity index is 866. The van der Waals surface area contributed by atoms with Crippen LogP contribution in [-0.2, 0) is 4.74 Å². The molecule has 0 saturated heterocycles. The minimum absolute atomic E-state index is 0.304. The predicted molar refractivity (Wildman–Crippen MR) is 95.0 cm³/mol. The number of rotatable bonds is 6. The van der Waals surface area contributed by atoms with Crippen LogP contribution in [0.2, 0.25) is 0 Å². The summed E-state index contributed by atoms with van der Waals surface area (Å²) in [4.78, 5) is 34.7. The highest BCUT2D eigenvalue weighted by Crippen LogP contribution is 2.13. The zero-order chi connectivity index (χ0) is 19.3. The van der Waals surface area contributed by atoms with Crippen LogP contribution in [0.3, 0.4) is 0 Å². The van der Waals surface area contributed by atoms with E-state index in [0.717, 1.165) is 0 Å². The van der Waals surface area contributed by atoms with E-state index in [1.807, 2.05) is 0 Å². The molecule has 0 radical (unpaired) electrons. The Labute approximate surface area is 150 Å². The third kappa shape index (κ3) is 5.23. The van der Waals surface area contributed by atoms with Gasteiger partial charge in [-0.25, -0.2) is 9.59 Å². The molecule has 0 bridgehead atoms. The van der Waals surface area contributed by atoms with E-state index in [2.05, 4.69) is 5.32 Å². The normalized spacial score (nSPS) is 11.2. The number of nitrogens with one attached hydrogen (secondary N) is 1. The molecule has 2 N–H and O–H groups in total. The van der Waals surface area contributed by atoms with Crippen molar-refractivity contribution < 1.29 is 24.2 Å². The molecule has 8 nitrogen and oxygen atoms in total. The fraction of sp³-hybridized carbons (Fsp3) is 0.389. The number of carbonyl (C=O) groups excluding carboxylic acids is 1.